The standard InChI is InChI=1S/C7H8Cl2O4/c8-6(10)12-2-4-1-5(4)3-13-7(9)11/h4-5H,1-3H2/t4-,5+. The highest BCUT2D eigenvalue weighted by molar-refractivity contribution is 6.61. The van der Waals surface area contributed by atoms with Crippen LogP contribution in [-0.2, 0) is 9.47 Å². The van der Waals surface area contributed by atoms with Crippen LogP contribution in [0.4, 0.5) is 9.59 Å². The topological polar surface area (TPSA) is 52.6 Å². The predicted molar refractivity (Wildman–Crippen MR) is 46.0 cm³/mol. The van der Waals surface area contributed by atoms with Crippen molar-refractivity contribution in [1.29, 1.82) is 0 Å². The summed E-state index contributed by atoms with van der Waals surface area (Å²) in [7, 11) is 0. The number of rotatable bonds is 4. The quantitative estimate of drug-likeness (QED) is 0.691. The van der Waals surface area contributed by atoms with E-state index in [9.17, 15) is 9.59 Å². The van der Waals surface area contributed by atoms with E-state index in [0.29, 0.717) is 0 Å². The largest absolute Gasteiger partial charge is 0.453 e. The molecule has 0 bridgehead atoms. The van der Waals surface area contributed by atoms with E-state index in [2.05, 4.69) is 9.47 Å². The Morgan fingerprint density at radius 3 is 1.77 bits per heavy atom. The van der Waals surface area contributed by atoms with Gasteiger partial charge in [-0.1, -0.05) is 0 Å². The molecule has 0 radical (unpaired) electrons. The number of hydrogen-bond donors (Lipinski definition) is 0. The van der Waals surface area contributed by atoms with E-state index in [1.807, 2.05) is 0 Å². The molecule has 0 amide bonds. The summed E-state index contributed by atoms with van der Waals surface area (Å²) in [6.45, 7) is 0.569. The Kier molecular flexibility index (Phi) is 3.81. The van der Waals surface area contributed by atoms with Crippen LogP contribution in [0.2, 0.25) is 0 Å². The molecule has 4 nitrogen and oxygen atoms in total. The van der Waals surface area contributed by atoms with E-state index < -0.39 is 10.9 Å². The first-order chi connectivity index (χ1) is 6.09. The van der Waals surface area contributed by atoms with Crippen LogP contribution < -0.4 is 0 Å². The molecule has 1 fully saturated rings. The summed E-state index contributed by atoms with van der Waals surface area (Å²) in [4.78, 5) is 20.4. The van der Waals surface area contributed by atoms with Crippen LogP contribution in [0.25, 0.3) is 0 Å². The molecule has 2 atom stereocenters. The van der Waals surface area contributed by atoms with Gasteiger partial charge in [-0.05, 0) is 18.3 Å². The van der Waals surface area contributed by atoms with Crippen molar-refractivity contribution >= 4 is 34.1 Å². The molecule has 1 saturated carbocycles. The van der Waals surface area contributed by atoms with Gasteiger partial charge in [0.15, 0.2) is 0 Å². The van der Waals surface area contributed by atoms with Crippen molar-refractivity contribution < 1.29 is 19.1 Å². The molecule has 0 saturated heterocycles. The van der Waals surface area contributed by atoms with E-state index in [-0.39, 0.29) is 25.0 Å². The minimum atomic E-state index is -0.806. The molecular weight excluding hydrogens is 219 g/mol. The molecule has 1 aliphatic carbocycles. The van der Waals surface area contributed by atoms with Gasteiger partial charge in [-0.2, -0.15) is 0 Å². The summed E-state index contributed by atoms with van der Waals surface area (Å²) < 4.78 is 9.11. The molecule has 0 N–H and O–H groups in total. The molecule has 1 aliphatic rings. The van der Waals surface area contributed by atoms with E-state index in [1.54, 1.807) is 0 Å². The highest BCUT2D eigenvalue weighted by Gasteiger charge is 2.38. The molecule has 0 heterocycles. The number of halogens is 2. The van der Waals surface area contributed by atoms with Crippen LogP contribution in [0.3, 0.4) is 0 Å². The van der Waals surface area contributed by atoms with Crippen molar-refractivity contribution in [3.63, 3.8) is 0 Å². The Hall–Kier alpha value is -0.480. The fourth-order valence-electron chi connectivity index (χ4n) is 1.06. The van der Waals surface area contributed by atoms with Gasteiger partial charge in [-0.25, -0.2) is 9.59 Å². The van der Waals surface area contributed by atoms with Crippen molar-refractivity contribution in [3.8, 4) is 0 Å². The second-order valence-electron chi connectivity index (χ2n) is 2.85. The van der Waals surface area contributed by atoms with Gasteiger partial charge in [0.1, 0.15) is 0 Å². The molecule has 74 valence electrons. The molecule has 0 aromatic heterocycles. The van der Waals surface area contributed by atoms with E-state index in [0.717, 1.165) is 6.42 Å². The monoisotopic (exact) mass is 226 g/mol. The first-order valence-electron chi connectivity index (χ1n) is 3.74. The number of carbonyl (C=O) groups excluding carboxylic acids is 2. The molecule has 0 aromatic carbocycles. The maximum atomic E-state index is 10.2. The van der Waals surface area contributed by atoms with Crippen LogP contribution in [0.5, 0.6) is 0 Å². The average Bonchev–Trinajstić information content (AvgIpc) is 2.76. The van der Waals surface area contributed by atoms with Gasteiger partial charge in [-0.15, -0.1) is 0 Å². The Balaban J connectivity index is 2.02. The van der Waals surface area contributed by atoms with Crippen LogP contribution in [0.1, 0.15) is 6.42 Å². The van der Waals surface area contributed by atoms with Gasteiger partial charge in [0.05, 0.1) is 13.2 Å². The molecule has 13 heavy (non-hydrogen) atoms. The zero-order chi connectivity index (χ0) is 9.84. The summed E-state index contributed by atoms with van der Waals surface area (Å²) >= 11 is 9.91. The molecule has 0 aromatic rings. The third-order valence-corrected chi connectivity index (χ3v) is 2.11. The SMILES string of the molecule is O=C(Cl)OC[C@@H]1C[C@@H]1COC(=O)Cl. The first-order valence-corrected chi connectivity index (χ1v) is 4.49. The Morgan fingerprint density at radius 2 is 1.46 bits per heavy atom. The lowest BCUT2D eigenvalue weighted by Gasteiger charge is -1.99. The lowest BCUT2D eigenvalue weighted by atomic mass is 10.3. The Labute approximate surface area is 85.1 Å². The van der Waals surface area contributed by atoms with Crippen molar-refractivity contribution in [3.05, 3.63) is 0 Å². The van der Waals surface area contributed by atoms with Gasteiger partial charge in [0.2, 0.25) is 0 Å². The lowest BCUT2D eigenvalue weighted by molar-refractivity contribution is 0.150. The van der Waals surface area contributed by atoms with Crippen molar-refractivity contribution in [1.82, 2.24) is 0 Å². The third-order valence-electron chi connectivity index (χ3n) is 1.89. The average molecular weight is 227 g/mol. The normalized spacial score (nSPS) is 25.1. The molecule has 1 rings (SSSR count). The highest BCUT2D eigenvalue weighted by atomic mass is 35.5. The van der Waals surface area contributed by atoms with Crippen LogP contribution in [-0.4, -0.2) is 24.1 Å². The zero-order valence-corrected chi connectivity index (χ0v) is 8.18. The van der Waals surface area contributed by atoms with Gasteiger partial charge in [0.25, 0.3) is 0 Å². The fraction of sp³-hybridized carbons (Fsp3) is 0.714. The predicted octanol–water partition coefficient (Wildman–Crippen LogP) is 2.37. The van der Waals surface area contributed by atoms with Crippen LogP contribution in [0.15, 0.2) is 0 Å². The second kappa shape index (κ2) is 4.67. The maximum Gasteiger partial charge on any atom is 0.403 e. The summed E-state index contributed by atoms with van der Waals surface area (Å²) in [5.74, 6) is 0.498. The zero-order valence-electron chi connectivity index (χ0n) is 6.66. The number of hydrogen-bond acceptors (Lipinski definition) is 4. The fourth-order valence-corrected chi connectivity index (χ4v) is 1.19. The van der Waals surface area contributed by atoms with Gasteiger partial charge in [0, 0.05) is 23.2 Å². The van der Waals surface area contributed by atoms with Crippen molar-refractivity contribution in [2.75, 3.05) is 13.2 Å². The van der Waals surface area contributed by atoms with E-state index >= 15 is 0 Å². The highest BCUT2D eigenvalue weighted by Crippen LogP contribution is 2.38. The molecular formula is C7H8Cl2O4. The first kappa shape index (κ1) is 10.6. The summed E-state index contributed by atoms with van der Waals surface area (Å²) in [6, 6.07) is 0. The van der Waals surface area contributed by atoms with Crippen molar-refractivity contribution in [2.24, 2.45) is 11.8 Å². The minimum Gasteiger partial charge on any atom is -0.453 e. The Morgan fingerprint density at radius 1 is 1.08 bits per heavy atom. The number of carbonyl (C=O) groups is 2. The smallest absolute Gasteiger partial charge is 0.403 e. The van der Waals surface area contributed by atoms with Gasteiger partial charge < -0.3 is 9.47 Å². The van der Waals surface area contributed by atoms with E-state index in [4.69, 9.17) is 23.2 Å². The van der Waals surface area contributed by atoms with Crippen molar-refractivity contribution in [2.45, 2.75) is 6.42 Å². The minimum absolute atomic E-state index is 0.249. The summed E-state index contributed by atoms with van der Waals surface area (Å²) in [5, 5.41) is 0. The number of ether oxygens (including phenoxy) is 2. The molecule has 0 aliphatic heterocycles. The maximum absolute atomic E-state index is 10.2. The van der Waals surface area contributed by atoms with Crippen LogP contribution in [0, 0.1) is 11.8 Å². The summed E-state index contributed by atoms with van der Waals surface area (Å²) in [6.07, 6.45) is 0.869. The lowest BCUT2D eigenvalue weighted by Crippen LogP contribution is -2.04. The third kappa shape index (κ3) is 4.33. The Bertz CT molecular complexity index is 197. The molecule has 6 heteroatoms. The van der Waals surface area contributed by atoms with Crippen LogP contribution >= 0.6 is 23.2 Å². The molecule has 0 spiro atoms. The van der Waals surface area contributed by atoms with E-state index in [1.165, 1.54) is 0 Å². The molecule has 0 unspecified atom stereocenters. The summed E-state index contributed by atoms with van der Waals surface area (Å²) in [5.41, 5.74) is -1.61. The second-order valence-corrected chi connectivity index (χ2v) is 3.47. The van der Waals surface area contributed by atoms with Gasteiger partial charge >= 0.3 is 10.9 Å². The van der Waals surface area contributed by atoms with Gasteiger partial charge in [-0.3, -0.25) is 0 Å².